The highest BCUT2D eigenvalue weighted by Crippen LogP contribution is 2.27. The number of thiazole rings is 1. The van der Waals surface area contributed by atoms with Crippen molar-refractivity contribution in [3.8, 4) is 5.88 Å². The Labute approximate surface area is 153 Å². The molecule has 2 heterocycles. The fraction of sp³-hybridized carbons (Fsp3) is 0.125. The number of pyridine rings is 1. The number of halogens is 3. The van der Waals surface area contributed by atoms with Crippen molar-refractivity contribution >= 4 is 38.6 Å². The first-order valence-corrected chi connectivity index (χ1v) is 8.14. The minimum atomic E-state index is -4.48. The van der Waals surface area contributed by atoms with Crippen molar-refractivity contribution < 1.29 is 32.6 Å². The molecule has 3 rings (SSSR count). The van der Waals surface area contributed by atoms with Crippen LogP contribution in [0.15, 0.2) is 36.5 Å². The minimum Gasteiger partial charge on any atom is -0.478 e. The number of ether oxygens (including phenoxy) is 1. The van der Waals surface area contributed by atoms with Gasteiger partial charge in [0.2, 0.25) is 5.88 Å². The van der Waals surface area contributed by atoms with E-state index in [1.807, 2.05) is 0 Å². The van der Waals surface area contributed by atoms with Crippen molar-refractivity contribution in [2.75, 3.05) is 11.9 Å². The van der Waals surface area contributed by atoms with Gasteiger partial charge in [0.1, 0.15) is 0 Å². The van der Waals surface area contributed by atoms with Crippen LogP contribution in [0.25, 0.3) is 10.2 Å². The van der Waals surface area contributed by atoms with Crippen LogP contribution in [0.2, 0.25) is 0 Å². The SMILES string of the molecule is O=C(O)c1ccc2nc(NC(=O)c3ccc(OCC(F)(F)F)nc3)sc2c1. The Bertz CT molecular complexity index is 1000. The second-order valence-electron chi connectivity index (χ2n) is 5.25. The summed E-state index contributed by atoms with van der Waals surface area (Å²) in [7, 11) is 0. The van der Waals surface area contributed by atoms with E-state index in [4.69, 9.17) is 5.11 Å². The van der Waals surface area contributed by atoms with E-state index in [1.54, 1.807) is 0 Å². The summed E-state index contributed by atoms with van der Waals surface area (Å²) in [5.41, 5.74) is 0.719. The number of nitrogens with one attached hydrogen (secondary N) is 1. The van der Waals surface area contributed by atoms with E-state index in [9.17, 15) is 22.8 Å². The molecule has 3 aromatic rings. The Kier molecular flexibility index (Phi) is 4.95. The number of fused-ring (bicyclic) bond motifs is 1. The topological polar surface area (TPSA) is 101 Å². The van der Waals surface area contributed by atoms with Crippen LogP contribution in [-0.2, 0) is 0 Å². The predicted octanol–water partition coefficient (Wildman–Crippen LogP) is 3.58. The van der Waals surface area contributed by atoms with Gasteiger partial charge in [0.05, 0.1) is 21.3 Å². The molecule has 0 saturated carbocycles. The van der Waals surface area contributed by atoms with E-state index in [2.05, 4.69) is 20.0 Å². The maximum Gasteiger partial charge on any atom is 0.422 e. The summed E-state index contributed by atoms with van der Waals surface area (Å²) in [5.74, 6) is -1.90. The third kappa shape index (κ3) is 4.70. The Morgan fingerprint density at radius 3 is 2.56 bits per heavy atom. The Morgan fingerprint density at radius 1 is 1.19 bits per heavy atom. The van der Waals surface area contributed by atoms with Gasteiger partial charge in [-0.15, -0.1) is 0 Å². The molecule has 140 valence electrons. The fourth-order valence-electron chi connectivity index (χ4n) is 2.04. The molecule has 0 unspecified atom stereocenters. The molecular weight excluding hydrogens is 387 g/mol. The maximum absolute atomic E-state index is 12.2. The number of aromatic carboxylic acids is 1. The number of alkyl halides is 3. The summed E-state index contributed by atoms with van der Waals surface area (Å²) in [5, 5.41) is 11.8. The quantitative estimate of drug-likeness (QED) is 0.682. The van der Waals surface area contributed by atoms with Gasteiger partial charge < -0.3 is 9.84 Å². The molecule has 0 fully saturated rings. The minimum absolute atomic E-state index is 0.0971. The van der Waals surface area contributed by atoms with Gasteiger partial charge in [0.15, 0.2) is 11.7 Å². The monoisotopic (exact) mass is 397 g/mol. The number of aromatic nitrogens is 2. The zero-order chi connectivity index (χ0) is 19.6. The van der Waals surface area contributed by atoms with Crippen LogP contribution in [0.3, 0.4) is 0 Å². The second kappa shape index (κ2) is 7.19. The zero-order valence-electron chi connectivity index (χ0n) is 13.3. The summed E-state index contributed by atoms with van der Waals surface area (Å²) in [6, 6.07) is 6.79. The van der Waals surface area contributed by atoms with E-state index in [-0.39, 0.29) is 22.1 Å². The lowest BCUT2D eigenvalue weighted by molar-refractivity contribution is -0.154. The number of benzene rings is 1. The molecule has 7 nitrogen and oxygen atoms in total. The molecule has 0 spiro atoms. The standard InChI is InChI=1S/C16H10F3N3O4S/c17-16(18,19)7-26-12-4-2-9(6-20-12)13(23)22-15-21-10-3-1-8(14(24)25)5-11(10)27-15/h1-6H,7H2,(H,24,25)(H,21,22,23). The van der Waals surface area contributed by atoms with Gasteiger partial charge in [0, 0.05) is 12.3 Å². The predicted molar refractivity (Wildman–Crippen MR) is 90.3 cm³/mol. The van der Waals surface area contributed by atoms with Crippen LogP contribution in [0.5, 0.6) is 5.88 Å². The highest BCUT2D eigenvalue weighted by Gasteiger charge is 2.28. The Balaban J connectivity index is 1.69. The Morgan fingerprint density at radius 2 is 1.93 bits per heavy atom. The van der Waals surface area contributed by atoms with E-state index in [0.717, 1.165) is 23.6 Å². The lowest BCUT2D eigenvalue weighted by atomic mass is 10.2. The lowest BCUT2D eigenvalue weighted by Gasteiger charge is -2.08. The number of nitrogens with zero attached hydrogens (tertiary/aromatic N) is 2. The first kappa shape index (κ1) is 18.6. The molecule has 1 amide bonds. The molecule has 0 aliphatic rings. The summed E-state index contributed by atoms with van der Waals surface area (Å²) in [6.45, 7) is -1.48. The van der Waals surface area contributed by atoms with Crippen LogP contribution in [0.1, 0.15) is 20.7 Å². The first-order valence-electron chi connectivity index (χ1n) is 7.32. The van der Waals surface area contributed by atoms with E-state index >= 15 is 0 Å². The maximum atomic E-state index is 12.2. The zero-order valence-corrected chi connectivity index (χ0v) is 14.1. The molecule has 11 heteroatoms. The molecule has 2 aromatic heterocycles. The number of carbonyl (C=O) groups is 2. The average molecular weight is 397 g/mol. The molecule has 0 saturated heterocycles. The summed E-state index contributed by atoms with van der Waals surface area (Å²) in [4.78, 5) is 31.0. The number of carboxylic acids is 1. The van der Waals surface area contributed by atoms with Gasteiger partial charge >= 0.3 is 12.1 Å². The van der Waals surface area contributed by atoms with Crippen molar-refractivity contribution in [2.45, 2.75) is 6.18 Å². The first-order chi connectivity index (χ1) is 12.7. The lowest BCUT2D eigenvalue weighted by Crippen LogP contribution is -2.19. The van der Waals surface area contributed by atoms with Crippen molar-refractivity contribution in [1.82, 2.24) is 9.97 Å². The smallest absolute Gasteiger partial charge is 0.422 e. The van der Waals surface area contributed by atoms with Gasteiger partial charge in [-0.25, -0.2) is 14.8 Å². The summed E-state index contributed by atoms with van der Waals surface area (Å²) in [6.07, 6.45) is -3.40. The molecule has 0 radical (unpaired) electrons. The van der Waals surface area contributed by atoms with E-state index in [0.29, 0.717) is 10.2 Å². The largest absolute Gasteiger partial charge is 0.478 e. The number of hydrogen-bond acceptors (Lipinski definition) is 6. The highest BCUT2D eigenvalue weighted by atomic mass is 32.1. The van der Waals surface area contributed by atoms with Gasteiger partial charge in [-0.2, -0.15) is 13.2 Å². The van der Waals surface area contributed by atoms with Crippen molar-refractivity contribution in [3.05, 3.63) is 47.7 Å². The van der Waals surface area contributed by atoms with Crippen LogP contribution in [0, 0.1) is 0 Å². The normalized spacial score (nSPS) is 11.4. The number of carbonyl (C=O) groups excluding carboxylic acids is 1. The van der Waals surface area contributed by atoms with Crippen molar-refractivity contribution in [1.29, 1.82) is 0 Å². The molecule has 0 atom stereocenters. The molecule has 0 aliphatic heterocycles. The van der Waals surface area contributed by atoms with E-state index in [1.165, 1.54) is 24.3 Å². The van der Waals surface area contributed by atoms with Crippen LogP contribution >= 0.6 is 11.3 Å². The number of amides is 1. The average Bonchev–Trinajstić information content (AvgIpc) is 3.01. The van der Waals surface area contributed by atoms with Crippen molar-refractivity contribution in [2.24, 2.45) is 0 Å². The van der Waals surface area contributed by atoms with E-state index < -0.39 is 24.7 Å². The third-order valence-corrected chi connectivity index (χ3v) is 4.17. The number of hydrogen-bond donors (Lipinski definition) is 2. The number of anilines is 1. The van der Waals surface area contributed by atoms with Crippen molar-refractivity contribution in [3.63, 3.8) is 0 Å². The third-order valence-electron chi connectivity index (χ3n) is 3.24. The molecule has 27 heavy (non-hydrogen) atoms. The number of carboxylic acid groups (broad SMARTS) is 1. The summed E-state index contributed by atoms with van der Waals surface area (Å²) < 4.78 is 41.3. The Hall–Kier alpha value is -3.21. The molecule has 0 bridgehead atoms. The fourth-order valence-corrected chi connectivity index (χ4v) is 2.94. The second-order valence-corrected chi connectivity index (χ2v) is 6.28. The van der Waals surface area contributed by atoms with Crippen LogP contribution < -0.4 is 10.1 Å². The van der Waals surface area contributed by atoms with Gasteiger partial charge in [-0.3, -0.25) is 10.1 Å². The van der Waals surface area contributed by atoms with Crippen LogP contribution in [0.4, 0.5) is 18.3 Å². The highest BCUT2D eigenvalue weighted by molar-refractivity contribution is 7.22. The summed E-state index contributed by atoms with van der Waals surface area (Å²) >= 11 is 1.09. The molecule has 0 aliphatic carbocycles. The van der Waals surface area contributed by atoms with Gasteiger partial charge in [0.25, 0.3) is 5.91 Å². The molecule has 1 aromatic carbocycles. The van der Waals surface area contributed by atoms with Gasteiger partial charge in [-0.05, 0) is 24.3 Å². The molecule has 2 N–H and O–H groups in total. The molecular formula is C16H10F3N3O4S. The van der Waals surface area contributed by atoms with Crippen LogP contribution in [-0.4, -0.2) is 39.7 Å². The number of rotatable bonds is 5. The van der Waals surface area contributed by atoms with Gasteiger partial charge in [-0.1, -0.05) is 11.3 Å².